The fourth-order valence-electron chi connectivity index (χ4n) is 2.56. The van der Waals surface area contributed by atoms with Gasteiger partial charge in [0.15, 0.2) is 0 Å². The molecule has 1 heterocycles. The molecule has 0 saturated carbocycles. The average Bonchev–Trinajstić information content (AvgIpc) is 2.54. The summed E-state index contributed by atoms with van der Waals surface area (Å²) in [5, 5.41) is 6.67. The zero-order chi connectivity index (χ0) is 14.5. The third kappa shape index (κ3) is 3.73. The van der Waals surface area contributed by atoms with Gasteiger partial charge in [-0.2, -0.15) is 0 Å². The van der Waals surface area contributed by atoms with Crippen molar-refractivity contribution in [3.63, 3.8) is 0 Å². The number of benzene rings is 2. The van der Waals surface area contributed by atoms with E-state index >= 15 is 0 Å². The van der Waals surface area contributed by atoms with E-state index in [2.05, 4.69) is 39.8 Å². The van der Waals surface area contributed by atoms with Gasteiger partial charge in [-0.05, 0) is 42.0 Å². The number of hydrogen-bond donors (Lipinski definition) is 2. The highest BCUT2D eigenvalue weighted by molar-refractivity contribution is 5.55. The van der Waals surface area contributed by atoms with E-state index in [0.29, 0.717) is 6.54 Å². The quantitative estimate of drug-likeness (QED) is 0.904. The highest BCUT2D eigenvalue weighted by atomic mass is 19.1. The van der Waals surface area contributed by atoms with E-state index in [1.807, 2.05) is 6.07 Å². The largest absolute Gasteiger partial charge is 0.381 e. The smallest absolute Gasteiger partial charge is 0.123 e. The van der Waals surface area contributed by atoms with Crippen LogP contribution in [0.2, 0.25) is 0 Å². The van der Waals surface area contributed by atoms with Crippen LogP contribution in [0.25, 0.3) is 0 Å². The first-order chi connectivity index (χ1) is 10.3. The summed E-state index contributed by atoms with van der Waals surface area (Å²) in [6.07, 6.45) is 0. The number of hydrogen-bond acceptors (Lipinski definition) is 3. The Bertz CT molecular complexity index is 577. The molecule has 21 heavy (non-hydrogen) atoms. The molecule has 0 aliphatic carbocycles. The number of piperazine rings is 1. The number of nitrogens with one attached hydrogen (secondary N) is 2. The van der Waals surface area contributed by atoms with Crippen LogP contribution >= 0.6 is 0 Å². The molecular formula is C17H20FN3. The molecule has 0 bridgehead atoms. The first kappa shape index (κ1) is 13.9. The van der Waals surface area contributed by atoms with E-state index in [4.69, 9.17) is 0 Å². The van der Waals surface area contributed by atoms with Crippen LogP contribution in [0.15, 0.2) is 48.5 Å². The lowest BCUT2D eigenvalue weighted by Gasteiger charge is -2.29. The van der Waals surface area contributed by atoms with E-state index < -0.39 is 0 Å². The highest BCUT2D eigenvalue weighted by Gasteiger charge is 2.09. The van der Waals surface area contributed by atoms with Crippen molar-refractivity contribution in [1.29, 1.82) is 0 Å². The Hall–Kier alpha value is -2.07. The molecule has 0 aromatic heterocycles. The molecule has 0 unspecified atom stereocenters. The van der Waals surface area contributed by atoms with Crippen LogP contribution in [0.5, 0.6) is 0 Å². The lowest BCUT2D eigenvalue weighted by Crippen LogP contribution is -2.43. The molecule has 4 heteroatoms. The van der Waals surface area contributed by atoms with Crippen LogP contribution in [-0.2, 0) is 6.54 Å². The Morgan fingerprint density at radius 1 is 1.05 bits per heavy atom. The Labute approximate surface area is 124 Å². The molecule has 110 valence electrons. The van der Waals surface area contributed by atoms with E-state index in [1.165, 1.54) is 11.8 Å². The van der Waals surface area contributed by atoms with Crippen LogP contribution < -0.4 is 15.5 Å². The van der Waals surface area contributed by atoms with Gasteiger partial charge in [0, 0.05) is 44.1 Å². The van der Waals surface area contributed by atoms with E-state index in [1.54, 1.807) is 12.1 Å². The summed E-state index contributed by atoms with van der Waals surface area (Å²) in [5.74, 6) is -0.191. The Morgan fingerprint density at radius 3 is 2.52 bits per heavy atom. The summed E-state index contributed by atoms with van der Waals surface area (Å²) < 4.78 is 13.1. The van der Waals surface area contributed by atoms with Gasteiger partial charge in [-0.15, -0.1) is 0 Å². The van der Waals surface area contributed by atoms with Crippen molar-refractivity contribution in [2.45, 2.75) is 6.54 Å². The summed E-state index contributed by atoms with van der Waals surface area (Å²) in [6, 6.07) is 15.1. The zero-order valence-corrected chi connectivity index (χ0v) is 12.0. The number of nitrogens with zero attached hydrogens (tertiary/aromatic N) is 1. The SMILES string of the molecule is Fc1cccc(CNc2ccc(N3CCNCC3)cc2)c1. The lowest BCUT2D eigenvalue weighted by molar-refractivity contribution is 0.589. The molecule has 2 aromatic carbocycles. The highest BCUT2D eigenvalue weighted by Crippen LogP contribution is 2.19. The Balaban J connectivity index is 1.59. The summed E-state index contributed by atoms with van der Waals surface area (Å²) in [4.78, 5) is 2.38. The third-order valence-electron chi connectivity index (χ3n) is 3.74. The van der Waals surface area contributed by atoms with Gasteiger partial charge in [-0.3, -0.25) is 0 Å². The van der Waals surface area contributed by atoms with Crippen LogP contribution in [0.4, 0.5) is 15.8 Å². The van der Waals surface area contributed by atoms with E-state index in [0.717, 1.165) is 37.4 Å². The van der Waals surface area contributed by atoms with Crippen LogP contribution in [0.1, 0.15) is 5.56 Å². The predicted octanol–water partition coefficient (Wildman–Crippen LogP) is 2.85. The molecule has 0 atom stereocenters. The van der Waals surface area contributed by atoms with Gasteiger partial charge < -0.3 is 15.5 Å². The second kappa shape index (κ2) is 6.59. The van der Waals surface area contributed by atoms with Gasteiger partial charge in [0.1, 0.15) is 5.82 Å². The number of halogens is 1. The van der Waals surface area contributed by atoms with Crippen molar-refractivity contribution < 1.29 is 4.39 Å². The summed E-state index contributed by atoms with van der Waals surface area (Å²) in [5.41, 5.74) is 3.26. The van der Waals surface area contributed by atoms with Crippen LogP contribution in [-0.4, -0.2) is 26.2 Å². The minimum Gasteiger partial charge on any atom is -0.381 e. The van der Waals surface area contributed by atoms with Gasteiger partial charge in [-0.25, -0.2) is 4.39 Å². The summed E-state index contributed by atoms with van der Waals surface area (Å²) in [6.45, 7) is 4.82. The van der Waals surface area contributed by atoms with Gasteiger partial charge in [-0.1, -0.05) is 12.1 Å². The van der Waals surface area contributed by atoms with Crippen molar-refractivity contribution in [3.8, 4) is 0 Å². The van der Waals surface area contributed by atoms with Gasteiger partial charge >= 0.3 is 0 Å². The fourth-order valence-corrected chi connectivity index (χ4v) is 2.56. The molecule has 0 amide bonds. The van der Waals surface area contributed by atoms with E-state index in [9.17, 15) is 4.39 Å². The normalized spacial score (nSPS) is 15.0. The van der Waals surface area contributed by atoms with Gasteiger partial charge in [0.25, 0.3) is 0 Å². The topological polar surface area (TPSA) is 27.3 Å². The molecule has 1 saturated heterocycles. The molecule has 1 fully saturated rings. The molecule has 2 aromatic rings. The molecular weight excluding hydrogens is 265 g/mol. The molecule has 0 spiro atoms. The number of anilines is 2. The first-order valence-corrected chi connectivity index (χ1v) is 7.35. The van der Waals surface area contributed by atoms with Crippen molar-refractivity contribution >= 4 is 11.4 Å². The van der Waals surface area contributed by atoms with Crippen molar-refractivity contribution in [2.75, 3.05) is 36.4 Å². The van der Waals surface area contributed by atoms with Gasteiger partial charge in [0.2, 0.25) is 0 Å². The first-order valence-electron chi connectivity index (χ1n) is 7.35. The molecule has 2 N–H and O–H groups in total. The van der Waals surface area contributed by atoms with Crippen LogP contribution in [0.3, 0.4) is 0 Å². The van der Waals surface area contributed by atoms with Crippen molar-refractivity contribution in [2.24, 2.45) is 0 Å². The molecule has 3 nitrogen and oxygen atoms in total. The van der Waals surface area contributed by atoms with E-state index in [-0.39, 0.29) is 5.82 Å². The maximum absolute atomic E-state index is 13.1. The summed E-state index contributed by atoms with van der Waals surface area (Å²) >= 11 is 0. The second-order valence-corrected chi connectivity index (χ2v) is 5.27. The Kier molecular flexibility index (Phi) is 4.36. The number of rotatable bonds is 4. The minimum atomic E-state index is -0.191. The fraction of sp³-hybridized carbons (Fsp3) is 0.294. The molecule has 3 rings (SSSR count). The molecule has 1 aliphatic rings. The second-order valence-electron chi connectivity index (χ2n) is 5.27. The summed E-state index contributed by atoms with van der Waals surface area (Å²) in [7, 11) is 0. The van der Waals surface area contributed by atoms with Gasteiger partial charge in [0.05, 0.1) is 0 Å². The maximum atomic E-state index is 13.1. The lowest BCUT2D eigenvalue weighted by atomic mass is 10.2. The maximum Gasteiger partial charge on any atom is 0.123 e. The zero-order valence-electron chi connectivity index (χ0n) is 12.0. The average molecular weight is 285 g/mol. The molecule has 1 aliphatic heterocycles. The monoisotopic (exact) mass is 285 g/mol. The standard InChI is InChI=1S/C17H20FN3/c18-15-3-1-2-14(12-15)13-20-16-4-6-17(7-5-16)21-10-8-19-9-11-21/h1-7,12,19-20H,8-11,13H2. The van der Waals surface area contributed by atoms with Crippen molar-refractivity contribution in [3.05, 3.63) is 59.9 Å². The molecule has 0 radical (unpaired) electrons. The Morgan fingerprint density at radius 2 is 1.81 bits per heavy atom. The third-order valence-corrected chi connectivity index (χ3v) is 3.74. The minimum absolute atomic E-state index is 0.191. The predicted molar refractivity (Wildman–Crippen MR) is 85.3 cm³/mol. The van der Waals surface area contributed by atoms with Crippen molar-refractivity contribution in [1.82, 2.24) is 5.32 Å². The van der Waals surface area contributed by atoms with Crippen LogP contribution in [0, 0.1) is 5.82 Å².